The smallest absolute Gasteiger partial charge is 0.345 e. The van der Waals surface area contributed by atoms with E-state index >= 15 is 0 Å². The summed E-state index contributed by atoms with van der Waals surface area (Å²) in [5.41, 5.74) is 8.77. The molecule has 0 aliphatic carbocycles. The summed E-state index contributed by atoms with van der Waals surface area (Å²) in [4.78, 5) is 37.6. The van der Waals surface area contributed by atoms with Crippen LogP contribution in [0, 0.1) is 0 Å². The van der Waals surface area contributed by atoms with Gasteiger partial charge in [0, 0.05) is 19.0 Å². The molecule has 1 amide bonds. The van der Waals surface area contributed by atoms with Crippen molar-refractivity contribution in [2.45, 2.75) is 32.0 Å². The summed E-state index contributed by atoms with van der Waals surface area (Å²) in [6, 6.07) is 22.1. The number of carbonyl (C=O) groups excluding carboxylic acids is 3. The molecular formula is C37H40N2O10. The van der Waals surface area contributed by atoms with Crippen LogP contribution >= 0.6 is 0 Å². The number of rotatable bonds is 17. The number of carbonyl (C=O) groups is 3. The third kappa shape index (κ3) is 9.88. The van der Waals surface area contributed by atoms with E-state index < -0.39 is 23.9 Å². The molecule has 4 aromatic rings. The van der Waals surface area contributed by atoms with Crippen LogP contribution in [0.4, 0.5) is 0 Å². The number of nitrogens with two attached hydrogens (primary N) is 1. The van der Waals surface area contributed by atoms with Gasteiger partial charge in [-0.1, -0.05) is 24.3 Å². The number of ether oxygens (including phenoxy) is 7. The summed E-state index contributed by atoms with van der Waals surface area (Å²) < 4.78 is 38.1. The zero-order valence-electron chi connectivity index (χ0n) is 28.1. The van der Waals surface area contributed by atoms with Gasteiger partial charge in [0.05, 0.1) is 41.1 Å². The van der Waals surface area contributed by atoms with Crippen molar-refractivity contribution in [1.82, 2.24) is 5.32 Å². The lowest BCUT2D eigenvalue weighted by Gasteiger charge is -2.18. The Bertz CT molecular complexity index is 1710. The number of hydrogen-bond acceptors (Lipinski definition) is 11. The van der Waals surface area contributed by atoms with Crippen molar-refractivity contribution in [3.63, 3.8) is 0 Å². The lowest BCUT2D eigenvalue weighted by Crippen LogP contribution is -2.39. The maximum Gasteiger partial charge on any atom is 0.345 e. The third-order valence-corrected chi connectivity index (χ3v) is 7.54. The van der Waals surface area contributed by atoms with Crippen LogP contribution in [0.25, 0.3) is 11.1 Å². The first-order valence-electron chi connectivity index (χ1n) is 15.3. The lowest BCUT2D eigenvalue weighted by molar-refractivity contribution is -0.140. The number of primary amides is 1. The molecular weight excluding hydrogens is 632 g/mol. The zero-order chi connectivity index (χ0) is 35.3. The minimum absolute atomic E-state index is 0.0224. The average molecular weight is 673 g/mol. The van der Waals surface area contributed by atoms with Gasteiger partial charge in [-0.25, -0.2) is 9.59 Å². The van der Waals surface area contributed by atoms with E-state index in [9.17, 15) is 14.4 Å². The molecule has 0 aromatic heterocycles. The standard InChI is InChI=1S/C37H40N2O10/c1-43-29-15-24(16-30(20-29)44-2)22-48-28-8-6-7-27(19-28)25-9-11-26(12-10-25)36(41)49-37(42)31(13-14-34(38)40)39-21-23-17-32(45-3)35(47-5)33(18-23)46-4/h6-12,15-20,31,39H,13-14,21-22H2,1-5H3,(H2,38,40)/t31-/m0/s1. The highest BCUT2D eigenvalue weighted by Crippen LogP contribution is 2.38. The Labute approximate surface area is 285 Å². The number of nitrogens with one attached hydrogen (secondary N) is 1. The molecule has 1 atom stereocenters. The van der Waals surface area contributed by atoms with Crippen molar-refractivity contribution in [3.8, 4) is 45.6 Å². The number of benzene rings is 4. The number of amides is 1. The molecule has 12 nitrogen and oxygen atoms in total. The summed E-state index contributed by atoms with van der Waals surface area (Å²) >= 11 is 0. The van der Waals surface area contributed by atoms with Crippen LogP contribution in [0.1, 0.15) is 34.3 Å². The Morgan fingerprint density at radius 3 is 1.92 bits per heavy atom. The van der Waals surface area contributed by atoms with Crippen LogP contribution in [0.5, 0.6) is 34.5 Å². The molecule has 258 valence electrons. The predicted molar refractivity (Wildman–Crippen MR) is 181 cm³/mol. The molecule has 49 heavy (non-hydrogen) atoms. The second-order valence-electron chi connectivity index (χ2n) is 10.8. The van der Waals surface area contributed by atoms with Gasteiger partial charge in [0.1, 0.15) is 29.9 Å². The Morgan fingerprint density at radius 1 is 0.694 bits per heavy atom. The summed E-state index contributed by atoms with van der Waals surface area (Å²) in [7, 11) is 7.67. The van der Waals surface area contributed by atoms with E-state index in [1.807, 2.05) is 36.4 Å². The van der Waals surface area contributed by atoms with Gasteiger partial charge in [-0.15, -0.1) is 0 Å². The van der Waals surface area contributed by atoms with Gasteiger partial charge in [0.2, 0.25) is 11.7 Å². The molecule has 0 aliphatic heterocycles. The molecule has 4 aromatic carbocycles. The van der Waals surface area contributed by atoms with Crippen LogP contribution in [0.2, 0.25) is 0 Å². The quantitative estimate of drug-likeness (QED) is 0.114. The third-order valence-electron chi connectivity index (χ3n) is 7.54. The fraction of sp³-hybridized carbons (Fsp3) is 0.270. The number of esters is 2. The molecule has 0 saturated heterocycles. The van der Waals surface area contributed by atoms with E-state index in [2.05, 4.69) is 5.32 Å². The van der Waals surface area contributed by atoms with E-state index in [1.54, 1.807) is 56.7 Å². The van der Waals surface area contributed by atoms with Gasteiger partial charge in [0.15, 0.2) is 11.5 Å². The zero-order valence-corrected chi connectivity index (χ0v) is 28.1. The molecule has 0 unspecified atom stereocenters. The molecule has 12 heteroatoms. The maximum atomic E-state index is 13.1. The van der Waals surface area contributed by atoms with Crippen molar-refractivity contribution < 1.29 is 47.5 Å². The van der Waals surface area contributed by atoms with Crippen molar-refractivity contribution in [3.05, 3.63) is 95.6 Å². The van der Waals surface area contributed by atoms with Crippen LogP contribution in [0.15, 0.2) is 78.9 Å². The fourth-order valence-corrected chi connectivity index (χ4v) is 4.97. The van der Waals surface area contributed by atoms with Crippen molar-refractivity contribution in [1.29, 1.82) is 0 Å². The van der Waals surface area contributed by atoms with E-state index in [0.717, 1.165) is 16.7 Å². The topological polar surface area (TPSA) is 154 Å². The molecule has 0 saturated carbocycles. The van der Waals surface area contributed by atoms with Gasteiger partial charge in [-0.05, 0) is 77.2 Å². The fourth-order valence-electron chi connectivity index (χ4n) is 4.97. The lowest BCUT2D eigenvalue weighted by atomic mass is 10.0. The summed E-state index contributed by atoms with van der Waals surface area (Å²) in [6.07, 6.45) is -0.0734. The minimum atomic E-state index is -1.00. The SMILES string of the molecule is COc1cc(COc2cccc(-c3ccc(C(=O)OC(=O)[C@H](CCC(N)=O)NCc4cc(OC)c(OC)c(OC)c4)cc3)c2)cc(OC)c1. The largest absolute Gasteiger partial charge is 0.497 e. The molecule has 0 fully saturated rings. The maximum absolute atomic E-state index is 13.1. The molecule has 0 radical (unpaired) electrons. The van der Waals surface area contributed by atoms with E-state index in [4.69, 9.17) is 38.9 Å². The summed E-state index contributed by atoms with van der Waals surface area (Å²) in [5, 5.41) is 3.05. The van der Waals surface area contributed by atoms with Crippen molar-refractivity contribution in [2.75, 3.05) is 35.5 Å². The second-order valence-corrected chi connectivity index (χ2v) is 10.8. The first-order chi connectivity index (χ1) is 23.7. The van der Waals surface area contributed by atoms with Crippen molar-refractivity contribution in [2.24, 2.45) is 5.73 Å². The molecule has 0 heterocycles. The highest BCUT2D eigenvalue weighted by atomic mass is 16.6. The second kappa shape index (κ2) is 17.4. The highest BCUT2D eigenvalue weighted by molar-refractivity contribution is 5.98. The Balaban J connectivity index is 1.40. The van der Waals surface area contributed by atoms with Crippen LogP contribution in [-0.4, -0.2) is 59.4 Å². The first kappa shape index (κ1) is 36.1. The number of methoxy groups -OCH3 is 5. The molecule has 3 N–H and O–H groups in total. The monoisotopic (exact) mass is 672 g/mol. The van der Waals surface area contributed by atoms with Crippen molar-refractivity contribution >= 4 is 17.8 Å². The molecule has 0 spiro atoms. The van der Waals surface area contributed by atoms with Crippen LogP contribution < -0.4 is 39.5 Å². The summed E-state index contributed by atoms with van der Waals surface area (Å²) in [6.45, 7) is 0.461. The van der Waals surface area contributed by atoms with Gasteiger partial charge in [0.25, 0.3) is 0 Å². The Kier molecular flexibility index (Phi) is 12.8. The molecule has 0 bridgehead atoms. The first-order valence-corrected chi connectivity index (χ1v) is 15.3. The van der Waals surface area contributed by atoms with Gasteiger partial charge < -0.3 is 44.2 Å². The number of hydrogen-bond donors (Lipinski definition) is 2. The van der Waals surface area contributed by atoms with Gasteiger partial charge >= 0.3 is 11.9 Å². The van der Waals surface area contributed by atoms with Gasteiger partial charge in [-0.3, -0.25) is 4.79 Å². The molecule has 4 rings (SSSR count). The summed E-state index contributed by atoms with van der Waals surface area (Å²) in [5.74, 6) is 0.993. The van der Waals surface area contributed by atoms with E-state index in [-0.39, 0.29) is 24.9 Å². The Hall–Kier alpha value is -5.75. The molecule has 0 aliphatic rings. The Morgan fingerprint density at radius 2 is 1.35 bits per heavy atom. The minimum Gasteiger partial charge on any atom is -0.497 e. The average Bonchev–Trinajstić information content (AvgIpc) is 3.13. The van der Waals surface area contributed by atoms with Gasteiger partial charge in [-0.2, -0.15) is 0 Å². The predicted octanol–water partition coefficient (Wildman–Crippen LogP) is 5.08. The van der Waals surface area contributed by atoms with Crippen LogP contribution in [0.3, 0.4) is 0 Å². The van der Waals surface area contributed by atoms with E-state index in [0.29, 0.717) is 46.7 Å². The van der Waals surface area contributed by atoms with Crippen LogP contribution in [-0.2, 0) is 27.5 Å². The highest BCUT2D eigenvalue weighted by Gasteiger charge is 2.24. The van der Waals surface area contributed by atoms with E-state index in [1.165, 1.54) is 21.3 Å². The normalized spacial score (nSPS) is 11.2.